The van der Waals surface area contributed by atoms with Gasteiger partial charge in [0.2, 0.25) is 0 Å². The lowest BCUT2D eigenvalue weighted by Gasteiger charge is -1.97. The number of carbonyl (C=O) groups excluding carboxylic acids is 1. The van der Waals surface area contributed by atoms with E-state index in [2.05, 4.69) is 21.6 Å². The number of ether oxygens (including phenoxy) is 1. The molecule has 0 amide bonds. The molecule has 0 aromatic carbocycles. The van der Waals surface area contributed by atoms with Crippen LogP contribution in [0.3, 0.4) is 0 Å². The van der Waals surface area contributed by atoms with Crippen LogP contribution in [-0.4, -0.2) is 18.1 Å². The molecule has 0 atom stereocenters. The molecule has 0 fully saturated rings. The Labute approximate surface area is 81.1 Å². The highest BCUT2D eigenvalue weighted by Gasteiger charge is 2.04. The molecule has 0 unspecified atom stereocenters. The van der Waals surface area contributed by atoms with E-state index in [1.54, 1.807) is 6.07 Å². The maximum atomic E-state index is 11.1. The Morgan fingerprint density at radius 1 is 1.64 bits per heavy atom. The van der Waals surface area contributed by atoms with E-state index in [-0.39, 0.29) is 0 Å². The Morgan fingerprint density at radius 3 is 3.07 bits per heavy atom. The lowest BCUT2D eigenvalue weighted by atomic mass is 10.2. The van der Waals surface area contributed by atoms with Crippen LogP contribution < -0.4 is 0 Å². The molecule has 0 aliphatic heterocycles. The SMILES string of the molecule is COC(=O)c1ccnc(C#CC#N)c1. The summed E-state index contributed by atoms with van der Waals surface area (Å²) in [5.74, 6) is 4.22. The fraction of sp³-hybridized carbons (Fsp3) is 0.100. The van der Waals surface area contributed by atoms with Gasteiger partial charge in [0.15, 0.2) is 6.07 Å². The van der Waals surface area contributed by atoms with E-state index < -0.39 is 5.97 Å². The number of esters is 1. The minimum atomic E-state index is -0.451. The topological polar surface area (TPSA) is 63.0 Å². The molecule has 4 heteroatoms. The van der Waals surface area contributed by atoms with Crippen molar-refractivity contribution in [2.45, 2.75) is 0 Å². The summed E-state index contributed by atoms with van der Waals surface area (Å²) in [7, 11) is 1.30. The van der Waals surface area contributed by atoms with E-state index in [1.165, 1.54) is 25.4 Å². The first-order valence-electron chi connectivity index (χ1n) is 3.72. The third-order valence-corrected chi connectivity index (χ3v) is 1.43. The highest BCUT2D eigenvalue weighted by molar-refractivity contribution is 5.89. The predicted molar refractivity (Wildman–Crippen MR) is 48.1 cm³/mol. The molecule has 0 saturated carbocycles. The molecule has 0 aliphatic carbocycles. The number of hydrogen-bond acceptors (Lipinski definition) is 4. The van der Waals surface area contributed by atoms with Crippen molar-refractivity contribution < 1.29 is 9.53 Å². The Kier molecular flexibility index (Phi) is 3.23. The summed E-state index contributed by atoms with van der Waals surface area (Å²) in [6, 6.07) is 4.65. The molecule has 1 aromatic rings. The van der Waals surface area contributed by atoms with Crippen LogP contribution in [0.1, 0.15) is 16.1 Å². The average molecular weight is 186 g/mol. The second kappa shape index (κ2) is 4.64. The van der Waals surface area contributed by atoms with Gasteiger partial charge < -0.3 is 4.74 Å². The van der Waals surface area contributed by atoms with Crippen LogP contribution in [0.4, 0.5) is 0 Å². The van der Waals surface area contributed by atoms with Crippen molar-refractivity contribution in [2.75, 3.05) is 7.11 Å². The monoisotopic (exact) mass is 186 g/mol. The molecule has 1 aromatic heterocycles. The van der Waals surface area contributed by atoms with Gasteiger partial charge in [-0.05, 0) is 18.1 Å². The fourth-order valence-electron chi connectivity index (χ4n) is 0.836. The molecule has 1 heterocycles. The number of hydrogen-bond donors (Lipinski definition) is 0. The number of methoxy groups -OCH3 is 1. The van der Waals surface area contributed by atoms with E-state index >= 15 is 0 Å². The van der Waals surface area contributed by atoms with Crippen molar-refractivity contribution in [1.29, 1.82) is 5.26 Å². The largest absolute Gasteiger partial charge is 0.465 e. The standard InChI is InChI=1S/C10H6N2O2/c1-14-10(13)8-4-6-12-9(7-8)3-2-5-11/h4,6-7H,1H3. The Bertz CT molecular complexity index is 449. The van der Waals surface area contributed by atoms with E-state index in [0.29, 0.717) is 11.3 Å². The minimum absolute atomic E-state index is 0.365. The first-order valence-corrected chi connectivity index (χ1v) is 3.72. The fourth-order valence-corrected chi connectivity index (χ4v) is 0.836. The van der Waals surface area contributed by atoms with Crippen LogP contribution in [0.15, 0.2) is 18.3 Å². The lowest BCUT2D eigenvalue weighted by Crippen LogP contribution is -2.01. The van der Waals surface area contributed by atoms with Crippen molar-refractivity contribution in [3.63, 3.8) is 0 Å². The maximum Gasteiger partial charge on any atom is 0.338 e. The van der Waals surface area contributed by atoms with E-state index in [9.17, 15) is 4.79 Å². The molecule has 0 spiro atoms. The summed E-state index contributed by atoms with van der Waals surface area (Å²) in [5, 5.41) is 8.21. The molecule has 68 valence electrons. The summed E-state index contributed by atoms with van der Waals surface area (Å²) in [6.45, 7) is 0. The van der Waals surface area contributed by atoms with Gasteiger partial charge in [-0.2, -0.15) is 5.26 Å². The van der Waals surface area contributed by atoms with E-state index in [0.717, 1.165) is 0 Å². The summed E-state index contributed by atoms with van der Waals surface area (Å²) in [4.78, 5) is 14.9. The van der Waals surface area contributed by atoms with Crippen molar-refractivity contribution in [3.05, 3.63) is 29.6 Å². The third-order valence-electron chi connectivity index (χ3n) is 1.43. The first kappa shape index (κ1) is 9.76. The molecule has 14 heavy (non-hydrogen) atoms. The highest BCUT2D eigenvalue weighted by atomic mass is 16.5. The number of carbonyl (C=O) groups is 1. The van der Waals surface area contributed by atoms with Crippen LogP contribution in [-0.2, 0) is 4.74 Å². The first-order chi connectivity index (χ1) is 6.77. The lowest BCUT2D eigenvalue weighted by molar-refractivity contribution is 0.0600. The quantitative estimate of drug-likeness (QED) is 0.479. The molecule has 1 rings (SSSR count). The molecule has 0 saturated heterocycles. The number of pyridine rings is 1. The van der Waals surface area contributed by atoms with Gasteiger partial charge in [0.05, 0.1) is 12.7 Å². The molecular weight excluding hydrogens is 180 g/mol. The number of nitrogens with zero attached hydrogens (tertiary/aromatic N) is 2. The zero-order valence-corrected chi connectivity index (χ0v) is 7.44. The second-order valence-corrected chi connectivity index (χ2v) is 2.28. The van der Waals surface area contributed by atoms with Gasteiger partial charge in [0.25, 0.3) is 0 Å². The van der Waals surface area contributed by atoms with Gasteiger partial charge in [-0.3, -0.25) is 0 Å². The van der Waals surface area contributed by atoms with Crippen molar-refractivity contribution in [1.82, 2.24) is 4.98 Å². The Morgan fingerprint density at radius 2 is 2.43 bits per heavy atom. The van der Waals surface area contributed by atoms with Crippen LogP contribution in [0.2, 0.25) is 0 Å². The third kappa shape index (κ3) is 2.33. The smallest absolute Gasteiger partial charge is 0.338 e. The number of aromatic nitrogens is 1. The highest BCUT2D eigenvalue weighted by Crippen LogP contribution is 2.02. The van der Waals surface area contributed by atoms with Gasteiger partial charge in [-0.15, -0.1) is 0 Å². The summed E-state index contributed by atoms with van der Waals surface area (Å²) in [6.07, 6.45) is 1.44. The van der Waals surface area contributed by atoms with Gasteiger partial charge in [-0.25, -0.2) is 9.78 Å². The van der Waals surface area contributed by atoms with Crippen molar-refractivity contribution in [2.24, 2.45) is 0 Å². The maximum absolute atomic E-state index is 11.1. The average Bonchev–Trinajstić information content (AvgIpc) is 2.25. The normalized spacial score (nSPS) is 8.00. The predicted octanol–water partition coefficient (Wildman–Crippen LogP) is 0.743. The summed E-state index contributed by atoms with van der Waals surface area (Å²) < 4.78 is 4.52. The molecule has 0 aliphatic rings. The van der Waals surface area contributed by atoms with Crippen LogP contribution in [0.25, 0.3) is 0 Å². The Hall–Kier alpha value is -2.33. The zero-order chi connectivity index (χ0) is 10.4. The Balaban J connectivity index is 3.02. The van der Waals surface area contributed by atoms with Gasteiger partial charge in [-0.1, -0.05) is 0 Å². The van der Waals surface area contributed by atoms with E-state index in [1.807, 2.05) is 0 Å². The zero-order valence-electron chi connectivity index (χ0n) is 7.44. The number of nitriles is 1. The summed E-state index contributed by atoms with van der Waals surface area (Å²) >= 11 is 0. The van der Waals surface area contributed by atoms with Crippen LogP contribution in [0, 0.1) is 23.2 Å². The summed E-state index contributed by atoms with van der Waals surface area (Å²) in [5.41, 5.74) is 0.735. The van der Waals surface area contributed by atoms with E-state index in [4.69, 9.17) is 5.26 Å². The molecular formula is C10H6N2O2. The minimum Gasteiger partial charge on any atom is -0.465 e. The number of rotatable bonds is 1. The van der Waals surface area contributed by atoms with Crippen LogP contribution in [0.5, 0.6) is 0 Å². The van der Waals surface area contributed by atoms with Crippen molar-refractivity contribution >= 4 is 5.97 Å². The van der Waals surface area contributed by atoms with Gasteiger partial charge in [0, 0.05) is 12.1 Å². The second-order valence-electron chi connectivity index (χ2n) is 2.28. The molecule has 4 nitrogen and oxygen atoms in total. The van der Waals surface area contributed by atoms with Gasteiger partial charge in [0.1, 0.15) is 5.69 Å². The van der Waals surface area contributed by atoms with Crippen LogP contribution >= 0.6 is 0 Å². The molecule has 0 N–H and O–H groups in total. The molecule has 0 radical (unpaired) electrons. The van der Waals surface area contributed by atoms with Crippen molar-refractivity contribution in [3.8, 4) is 17.9 Å². The van der Waals surface area contributed by atoms with Gasteiger partial charge >= 0.3 is 5.97 Å². The molecule has 0 bridgehead atoms.